The zero-order valence-electron chi connectivity index (χ0n) is 14.0. The fourth-order valence-electron chi connectivity index (χ4n) is 2.12. The third-order valence-corrected chi connectivity index (χ3v) is 3.59. The van der Waals surface area contributed by atoms with E-state index in [1.165, 1.54) is 17.5 Å². The highest BCUT2D eigenvalue weighted by atomic mass is 16.5. The van der Waals surface area contributed by atoms with Crippen molar-refractivity contribution in [3.05, 3.63) is 29.3 Å². The number of ether oxygens (including phenoxy) is 1. The number of nitrogens with one attached hydrogen (secondary N) is 1. The van der Waals surface area contributed by atoms with E-state index in [0.717, 1.165) is 25.3 Å². The van der Waals surface area contributed by atoms with Crippen LogP contribution in [0.2, 0.25) is 0 Å². The first kappa shape index (κ1) is 17.0. The van der Waals surface area contributed by atoms with E-state index >= 15 is 0 Å². The second kappa shape index (κ2) is 7.68. The van der Waals surface area contributed by atoms with Crippen molar-refractivity contribution in [3.8, 4) is 5.75 Å². The Balaban J connectivity index is 2.49. The van der Waals surface area contributed by atoms with Gasteiger partial charge in [0.2, 0.25) is 0 Å². The lowest BCUT2D eigenvalue weighted by Gasteiger charge is -2.21. The van der Waals surface area contributed by atoms with Crippen molar-refractivity contribution in [1.82, 2.24) is 5.32 Å². The van der Waals surface area contributed by atoms with E-state index in [1.54, 1.807) is 0 Å². The first-order valence-electron chi connectivity index (χ1n) is 7.82. The van der Waals surface area contributed by atoms with E-state index in [9.17, 15) is 0 Å². The molecule has 1 aromatic rings. The third kappa shape index (κ3) is 5.54. The van der Waals surface area contributed by atoms with Crippen LogP contribution >= 0.6 is 0 Å². The Labute approximate surface area is 124 Å². The molecule has 0 saturated heterocycles. The Hall–Kier alpha value is -1.02. The second-order valence-corrected chi connectivity index (χ2v) is 6.72. The summed E-state index contributed by atoms with van der Waals surface area (Å²) < 4.78 is 5.92. The zero-order chi connectivity index (χ0) is 15.2. The average molecular weight is 277 g/mol. The van der Waals surface area contributed by atoms with Crippen LogP contribution < -0.4 is 10.1 Å². The quantitative estimate of drug-likeness (QED) is 0.795. The topological polar surface area (TPSA) is 21.3 Å². The molecule has 1 rings (SSSR count). The minimum absolute atomic E-state index is 0.196. The molecule has 0 aliphatic heterocycles. The standard InChI is InChI=1S/C18H31NO/c1-7-11-19-15(3)10-12-20-17-9-8-16(13-14(17)2)18(4,5)6/h8-9,13,15,19H,7,10-12H2,1-6H3. The molecular formula is C18H31NO. The zero-order valence-corrected chi connectivity index (χ0v) is 14.0. The molecule has 1 unspecified atom stereocenters. The van der Waals surface area contributed by atoms with Crippen LogP contribution in [0.4, 0.5) is 0 Å². The predicted molar refractivity (Wildman–Crippen MR) is 87.7 cm³/mol. The molecule has 1 atom stereocenters. The fraction of sp³-hybridized carbons (Fsp3) is 0.667. The summed E-state index contributed by atoms with van der Waals surface area (Å²) in [6.45, 7) is 15.1. The van der Waals surface area contributed by atoms with Gasteiger partial charge in [-0.25, -0.2) is 0 Å². The molecule has 0 spiro atoms. The highest BCUT2D eigenvalue weighted by Gasteiger charge is 2.14. The molecule has 114 valence electrons. The SMILES string of the molecule is CCCNC(C)CCOc1ccc(C(C)(C)C)cc1C. The molecule has 0 aromatic heterocycles. The van der Waals surface area contributed by atoms with Gasteiger partial charge < -0.3 is 10.1 Å². The van der Waals surface area contributed by atoms with Crippen molar-refractivity contribution in [1.29, 1.82) is 0 Å². The van der Waals surface area contributed by atoms with E-state index < -0.39 is 0 Å². The highest BCUT2D eigenvalue weighted by Crippen LogP contribution is 2.27. The van der Waals surface area contributed by atoms with Crippen molar-refractivity contribution in [2.45, 2.75) is 65.8 Å². The van der Waals surface area contributed by atoms with Gasteiger partial charge in [0.1, 0.15) is 5.75 Å². The second-order valence-electron chi connectivity index (χ2n) is 6.72. The van der Waals surface area contributed by atoms with Gasteiger partial charge in [-0.05, 0) is 55.8 Å². The summed E-state index contributed by atoms with van der Waals surface area (Å²) in [5.41, 5.74) is 2.79. The molecule has 1 aromatic carbocycles. The molecule has 0 saturated carbocycles. The summed E-state index contributed by atoms with van der Waals surface area (Å²) in [4.78, 5) is 0. The lowest BCUT2D eigenvalue weighted by Crippen LogP contribution is -2.28. The molecule has 0 heterocycles. The Morgan fingerprint density at radius 1 is 1.25 bits per heavy atom. The van der Waals surface area contributed by atoms with E-state index in [2.05, 4.69) is 65.1 Å². The lowest BCUT2D eigenvalue weighted by molar-refractivity contribution is 0.288. The highest BCUT2D eigenvalue weighted by molar-refractivity contribution is 5.38. The van der Waals surface area contributed by atoms with Gasteiger partial charge >= 0.3 is 0 Å². The van der Waals surface area contributed by atoms with Gasteiger partial charge in [0.25, 0.3) is 0 Å². The van der Waals surface area contributed by atoms with Gasteiger partial charge in [-0.3, -0.25) is 0 Å². The Bertz CT molecular complexity index is 406. The van der Waals surface area contributed by atoms with Crippen LogP contribution in [0.15, 0.2) is 18.2 Å². The summed E-state index contributed by atoms with van der Waals surface area (Å²) in [5.74, 6) is 1.01. The van der Waals surface area contributed by atoms with E-state index in [1.807, 2.05) is 0 Å². The Kier molecular flexibility index (Phi) is 6.54. The Morgan fingerprint density at radius 3 is 2.50 bits per heavy atom. The van der Waals surface area contributed by atoms with Crippen LogP contribution in [0, 0.1) is 6.92 Å². The fourth-order valence-corrected chi connectivity index (χ4v) is 2.12. The number of hydrogen-bond acceptors (Lipinski definition) is 2. The molecule has 0 amide bonds. The maximum absolute atomic E-state index is 5.92. The van der Waals surface area contributed by atoms with E-state index in [4.69, 9.17) is 4.74 Å². The van der Waals surface area contributed by atoms with Crippen LogP contribution in [-0.2, 0) is 5.41 Å². The maximum Gasteiger partial charge on any atom is 0.122 e. The summed E-state index contributed by atoms with van der Waals surface area (Å²) in [6, 6.07) is 7.05. The molecule has 2 nitrogen and oxygen atoms in total. The predicted octanol–water partition coefficient (Wildman–Crippen LogP) is 4.45. The molecule has 0 bridgehead atoms. The van der Waals surface area contributed by atoms with Gasteiger partial charge in [0, 0.05) is 6.04 Å². The molecule has 2 heteroatoms. The molecule has 0 aliphatic rings. The number of aryl methyl sites for hydroxylation is 1. The number of hydrogen-bond donors (Lipinski definition) is 1. The number of rotatable bonds is 7. The third-order valence-electron chi connectivity index (χ3n) is 3.59. The lowest BCUT2D eigenvalue weighted by atomic mass is 9.86. The molecule has 20 heavy (non-hydrogen) atoms. The Morgan fingerprint density at radius 2 is 1.95 bits per heavy atom. The molecule has 1 N–H and O–H groups in total. The van der Waals surface area contributed by atoms with Crippen molar-refractivity contribution in [2.75, 3.05) is 13.2 Å². The minimum Gasteiger partial charge on any atom is -0.493 e. The van der Waals surface area contributed by atoms with Crippen LogP contribution in [0.25, 0.3) is 0 Å². The van der Waals surface area contributed by atoms with Crippen molar-refractivity contribution in [3.63, 3.8) is 0 Å². The van der Waals surface area contributed by atoms with Gasteiger partial charge in [0.15, 0.2) is 0 Å². The van der Waals surface area contributed by atoms with E-state index in [0.29, 0.717) is 6.04 Å². The van der Waals surface area contributed by atoms with Gasteiger partial charge in [-0.15, -0.1) is 0 Å². The molecule has 0 radical (unpaired) electrons. The molecular weight excluding hydrogens is 246 g/mol. The molecule has 0 aliphatic carbocycles. The van der Waals surface area contributed by atoms with Crippen LogP contribution in [0.5, 0.6) is 5.75 Å². The first-order chi connectivity index (χ1) is 9.34. The van der Waals surface area contributed by atoms with E-state index in [-0.39, 0.29) is 5.41 Å². The summed E-state index contributed by atoms with van der Waals surface area (Å²) >= 11 is 0. The average Bonchev–Trinajstić information content (AvgIpc) is 2.37. The first-order valence-corrected chi connectivity index (χ1v) is 7.82. The number of benzene rings is 1. The molecule has 0 fully saturated rings. The normalized spacial score (nSPS) is 13.3. The van der Waals surface area contributed by atoms with Crippen LogP contribution in [-0.4, -0.2) is 19.2 Å². The smallest absolute Gasteiger partial charge is 0.122 e. The van der Waals surface area contributed by atoms with Crippen molar-refractivity contribution in [2.24, 2.45) is 0 Å². The largest absolute Gasteiger partial charge is 0.493 e. The van der Waals surface area contributed by atoms with Gasteiger partial charge in [-0.2, -0.15) is 0 Å². The van der Waals surface area contributed by atoms with Crippen molar-refractivity contribution < 1.29 is 4.74 Å². The van der Waals surface area contributed by atoms with Crippen molar-refractivity contribution >= 4 is 0 Å². The van der Waals surface area contributed by atoms with Gasteiger partial charge in [0.05, 0.1) is 6.61 Å². The summed E-state index contributed by atoms with van der Waals surface area (Å²) in [7, 11) is 0. The monoisotopic (exact) mass is 277 g/mol. The minimum atomic E-state index is 0.196. The van der Waals surface area contributed by atoms with Crippen LogP contribution in [0.1, 0.15) is 58.6 Å². The maximum atomic E-state index is 5.92. The summed E-state index contributed by atoms with van der Waals surface area (Å²) in [5, 5.41) is 3.48. The summed E-state index contributed by atoms with van der Waals surface area (Å²) in [6.07, 6.45) is 2.22. The van der Waals surface area contributed by atoms with Gasteiger partial charge in [-0.1, -0.05) is 39.8 Å². The van der Waals surface area contributed by atoms with Crippen LogP contribution in [0.3, 0.4) is 0 Å².